The summed E-state index contributed by atoms with van der Waals surface area (Å²) in [4.78, 5) is 15.8. The average Bonchev–Trinajstić information content (AvgIpc) is 2.95. The van der Waals surface area contributed by atoms with Gasteiger partial charge >= 0.3 is 0 Å². The third-order valence-electron chi connectivity index (χ3n) is 2.96. The Kier molecular flexibility index (Phi) is 3.91. The van der Waals surface area contributed by atoms with Gasteiger partial charge in [0, 0.05) is 19.3 Å². The van der Waals surface area contributed by atoms with Gasteiger partial charge in [-0.25, -0.2) is 4.68 Å². The van der Waals surface area contributed by atoms with E-state index in [1.807, 2.05) is 26.1 Å². The molecule has 0 bridgehead atoms. The molecule has 6 nitrogen and oxygen atoms in total. The number of carbonyl (C=O) groups is 1. The van der Waals surface area contributed by atoms with E-state index < -0.39 is 0 Å². The Bertz CT molecular complexity index is 561. The van der Waals surface area contributed by atoms with Crippen molar-refractivity contribution in [3.05, 3.63) is 42.0 Å². The molecule has 2 aromatic rings. The molecule has 0 aromatic carbocycles. The number of amides is 1. The normalized spacial score (nSPS) is 12.2. The predicted molar refractivity (Wildman–Crippen MR) is 72.2 cm³/mol. The Morgan fingerprint density at radius 2 is 2.11 bits per heavy atom. The van der Waals surface area contributed by atoms with Crippen LogP contribution in [0.25, 0.3) is 5.69 Å². The van der Waals surface area contributed by atoms with Gasteiger partial charge < -0.3 is 10.6 Å². The smallest absolute Gasteiger partial charge is 0.271 e. The van der Waals surface area contributed by atoms with Gasteiger partial charge in [0.1, 0.15) is 0 Å². The van der Waals surface area contributed by atoms with E-state index in [0.29, 0.717) is 5.69 Å². The van der Waals surface area contributed by atoms with Gasteiger partial charge in [0.05, 0.1) is 17.6 Å². The number of pyridine rings is 1. The lowest BCUT2D eigenvalue weighted by atomic mass is 10.2. The number of hydrogen-bond donors (Lipinski definition) is 2. The predicted octanol–water partition coefficient (Wildman–Crippen LogP) is 0.907. The summed E-state index contributed by atoms with van der Waals surface area (Å²) < 4.78 is 1.63. The van der Waals surface area contributed by atoms with E-state index in [2.05, 4.69) is 20.7 Å². The molecule has 0 aliphatic heterocycles. The summed E-state index contributed by atoms with van der Waals surface area (Å²) >= 11 is 0. The number of nitrogens with one attached hydrogen (secondary N) is 2. The van der Waals surface area contributed by atoms with Crippen LogP contribution in [0.2, 0.25) is 0 Å². The standard InChI is InChI=1S/C13H17N5O/c1-9(14-2)11-5-4-10(8-16-11)18-7-6-12(17-18)13(19)15-3/h4-9,14H,1-3H3,(H,15,19). The summed E-state index contributed by atoms with van der Waals surface area (Å²) in [5, 5.41) is 9.86. The van der Waals surface area contributed by atoms with Crippen molar-refractivity contribution in [1.29, 1.82) is 0 Å². The van der Waals surface area contributed by atoms with Gasteiger partial charge in [0.2, 0.25) is 0 Å². The first-order valence-corrected chi connectivity index (χ1v) is 6.07. The molecule has 0 aliphatic carbocycles. The van der Waals surface area contributed by atoms with Gasteiger partial charge in [-0.15, -0.1) is 0 Å². The van der Waals surface area contributed by atoms with Crippen LogP contribution in [-0.2, 0) is 0 Å². The minimum absolute atomic E-state index is 0.202. The van der Waals surface area contributed by atoms with Gasteiger partial charge in [-0.05, 0) is 32.2 Å². The summed E-state index contributed by atoms with van der Waals surface area (Å²) in [6, 6.07) is 5.74. The molecule has 19 heavy (non-hydrogen) atoms. The van der Waals surface area contributed by atoms with Crippen molar-refractivity contribution in [2.75, 3.05) is 14.1 Å². The second-order valence-corrected chi connectivity index (χ2v) is 4.18. The highest BCUT2D eigenvalue weighted by Gasteiger charge is 2.09. The summed E-state index contributed by atoms with van der Waals surface area (Å²) in [6.45, 7) is 2.04. The van der Waals surface area contributed by atoms with Crippen LogP contribution in [-0.4, -0.2) is 34.8 Å². The monoisotopic (exact) mass is 259 g/mol. The van der Waals surface area contributed by atoms with Gasteiger partial charge in [-0.3, -0.25) is 9.78 Å². The molecule has 2 aromatic heterocycles. The van der Waals surface area contributed by atoms with Crippen LogP contribution in [0.4, 0.5) is 0 Å². The zero-order valence-corrected chi connectivity index (χ0v) is 11.2. The maximum absolute atomic E-state index is 11.4. The maximum atomic E-state index is 11.4. The highest BCUT2D eigenvalue weighted by Crippen LogP contribution is 2.12. The van der Waals surface area contributed by atoms with E-state index in [-0.39, 0.29) is 11.9 Å². The fourth-order valence-electron chi connectivity index (χ4n) is 1.65. The van der Waals surface area contributed by atoms with Crippen LogP contribution in [0.5, 0.6) is 0 Å². The summed E-state index contributed by atoms with van der Waals surface area (Å²) in [5.74, 6) is -0.202. The summed E-state index contributed by atoms with van der Waals surface area (Å²) in [5.41, 5.74) is 2.17. The van der Waals surface area contributed by atoms with E-state index >= 15 is 0 Å². The Balaban J connectivity index is 2.22. The second kappa shape index (κ2) is 5.62. The molecule has 6 heteroatoms. The molecular formula is C13H17N5O. The second-order valence-electron chi connectivity index (χ2n) is 4.18. The summed E-state index contributed by atoms with van der Waals surface area (Å²) in [6.07, 6.45) is 3.48. The van der Waals surface area contributed by atoms with Gasteiger partial charge in [-0.1, -0.05) is 0 Å². The van der Waals surface area contributed by atoms with E-state index in [9.17, 15) is 4.79 Å². The molecule has 1 amide bonds. The number of aromatic nitrogens is 3. The molecular weight excluding hydrogens is 242 g/mol. The highest BCUT2D eigenvalue weighted by molar-refractivity contribution is 5.91. The minimum atomic E-state index is -0.202. The molecule has 0 saturated heterocycles. The van der Waals surface area contributed by atoms with Crippen molar-refractivity contribution in [3.63, 3.8) is 0 Å². The van der Waals surface area contributed by atoms with Crippen molar-refractivity contribution in [3.8, 4) is 5.69 Å². The molecule has 0 saturated carbocycles. The topological polar surface area (TPSA) is 71.8 Å². The minimum Gasteiger partial charge on any atom is -0.354 e. The molecule has 2 N–H and O–H groups in total. The van der Waals surface area contributed by atoms with E-state index in [1.54, 1.807) is 30.2 Å². The van der Waals surface area contributed by atoms with Crippen molar-refractivity contribution in [1.82, 2.24) is 25.4 Å². The Morgan fingerprint density at radius 1 is 1.32 bits per heavy atom. The molecule has 2 heterocycles. The molecule has 1 unspecified atom stereocenters. The highest BCUT2D eigenvalue weighted by atomic mass is 16.1. The van der Waals surface area contributed by atoms with Crippen molar-refractivity contribution in [2.24, 2.45) is 0 Å². The first-order chi connectivity index (χ1) is 9.15. The van der Waals surface area contributed by atoms with Crippen molar-refractivity contribution < 1.29 is 4.79 Å². The van der Waals surface area contributed by atoms with Crippen molar-refractivity contribution in [2.45, 2.75) is 13.0 Å². The average molecular weight is 259 g/mol. The molecule has 0 fully saturated rings. The lowest BCUT2D eigenvalue weighted by Crippen LogP contribution is -2.18. The van der Waals surface area contributed by atoms with E-state index in [0.717, 1.165) is 11.4 Å². The Labute approximate surface area is 111 Å². The molecule has 1 atom stereocenters. The largest absolute Gasteiger partial charge is 0.354 e. The maximum Gasteiger partial charge on any atom is 0.271 e. The lowest BCUT2D eigenvalue weighted by molar-refractivity contribution is 0.0957. The number of rotatable bonds is 4. The molecule has 0 radical (unpaired) electrons. The number of hydrogen-bond acceptors (Lipinski definition) is 4. The first kappa shape index (κ1) is 13.2. The van der Waals surface area contributed by atoms with E-state index in [4.69, 9.17) is 0 Å². The SMILES string of the molecule is CNC(=O)c1ccn(-c2ccc(C(C)NC)nc2)n1. The van der Waals surface area contributed by atoms with Gasteiger partial charge in [0.15, 0.2) is 5.69 Å². The van der Waals surface area contributed by atoms with Gasteiger partial charge in [-0.2, -0.15) is 5.10 Å². The Morgan fingerprint density at radius 3 is 2.68 bits per heavy atom. The van der Waals surface area contributed by atoms with Crippen LogP contribution >= 0.6 is 0 Å². The third kappa shape index (κ3) is 2.79. The third-order valence-corrected chi connectivity index (χ3v) is 2.96. The summed E-state index contributed by atoms with van der Waals surface area (Å²) in [7, 11) is 3.47. The van der Waals surface area contributed by atoms with Crippen LogP contribution < -0.4 is 10.6 Å². The van der Waals surface area contributed by atoms with Crippen LogP contribution in [0.3, 0.4) is 0 Å². The molecule has 2 rings (SSSR count). The Hall–Kier alpha value is -2.21. The van der Waals surface area contributed by atoms with Crippen molar-refractivity contribution >= 4 is 5.91 Å². The fourth-order valence-corrected chi connectivity index (χ4v) is 1.65. The molecule has 0 aliphatic rings. The van der Waals surface area contributed by atoms with Crippen LogP contribution in [0, 0.1) is 0 Å². The van der Waals surface area contributed by atoms with Gasteiger partial charge in [0.25, 0.3) is 5.91 Å². The number of nitrogens with zero attached hydrogens (tertiary/aromatic N) is 3. The quantitative estimate of drug-likeness (QED) is 0.856. The van der Waals surface area contributed by atoms with Crippen LogP contribution in [0.15, 0.2) is 30.6 Å². The van der Waals surface area contributed by atoms with E-state index in [1.165, 1.54) is 0 Å². The lowest BCUT2D eigenvalue weighted by Gasteiger charge is -2.09. The molecule has 0 spiro atoms. The number of carbonyl (C=O) groups excluding carboxylic acids is 1. The first-order valence-electron chi connectivity index (χ1n) is 6.07. The molecule has 100 valence electrons. The fraction of sp³-hybridized carbons (Fsp3) is 0.308. The zero-order valence-electron chi connectivity index (χ0n) is 11.2. The van der Waals surface area contributed by atoms with Crippen LogP contribution in [0.1, 0.15) is 29.1 Å². The zero-order chi connectivity index (χ0) is 13.8.